The smallest absolute Gasteiger partial charge is 0.257 e. The third-order valence-corrected chi connectivity index (χ3v) is 6.56. The van der Waals surface area contributed by atoms with Gasteiger partial charge in [-0.25, -0.2) is 0 Å². The van der Waals surface area contributed by atoms with E-state index in [-0.39, 0.29) is 11.8 Å². The van der Waals surface area contributed by atoms with Gasteiger partial charge in [-0.3, -0.25) is 24.4 Å². The lowest BCUT2D eigenvalue weighted by Gasteiger charge is -2.49. The first-order valence-corrected chi connectivity index (χ1v) is 11.5. The van der Waals surface area contributed by atoms with Gasteiger partial charge in [-0.05, 0) is 24.5 Å². The highest BCUT2D eigenvalue weighted by molar-refractivity contribution is 8.13. The van der Waals surface area contributed by atoms with E-state index in [9.17, 15) is 9.59 Å². The molecule has 2 heterocycles. The molecule has 0 saturated heterocycles. The highest BCUT2D eigenvalue weighted by atomic mass is 32.2. The van der Waals surface area contributed by atoms with E-state index in [4.69, 9.17) is 19.3 Å². The Morgan fingerprint density at radius 2 is 1.70 bits per heavy atom. The van der Waals surface area contributed by atoms with Crippen LogP contribution in [0.5, 0.6) is 17.2 Å². The molecular formula is C23H26N4O5S. The van der Waals surface area contributed by atoms with Crippen molar-refractivity contribution in [3.05, 3.63) is 47.5 Å². The zero-order valence-electron chi connectivity index (χ0n) is 19.4. The standard InChI is InChI=1S/C23H26N4O5S/c1-13(28)26-16-10-8-7-9-14(16)18-22(29)25(2)23(33-6)24-27(18)21(26)15-11-12-17(30-3)20(32-5)19(15)31-4/h7-12,18,21H,1-6H3/t18-,21-/m0/s1. The number of nitrogens with zero attached hydrogens (tertiary/aromatic N) is 4. The number of thioether (sulfide) groups is 1. The van der Waals surface area contributed by atoms with Crippen molar-refractivity contribution in [3.63, 3.8) is 0 Å². The molecule has 4 rings (SSSR count). The molecule has 0 unspecified atom stereocenters. The number of ether oxygens (including phenoxy) is 3. The van der Waals surface area contributed by atoms with Crippen LogP contribution < -0.4 is 19.1 Å². The first-order valence-electron chi connectivity index (χ1n) is 10.3. The van der Waals surface area contributed by atoms with E-state index in [1.807, 2.05) is 36.6 Å². The number of hydrogen-bond acceptors (Lipinski definition) is 8. The van der Waals surface area contributed by atoms with Gasteiger partial charge in [0.2, 0.25) is 11.7 Å². The van der Waals surface area contributed by atoms with Crippen LogP contribution in [0.4, 0.5) is 5.69 Å². The van der Waals surface area contributed by atoms with Gasteiger partial charge in [-0.1, -0.05) is 30.0 Å². The summed E-state index contributed by atoms with van der Waals surface area (Å²) in [6, 6.07) is 10.3. The number of amidine groups is 1. The van der Waals surface area contributed by atoms with Crippen LogP contribution in [0.3, 0.4) is 0 Å². The number of carbonyl (C=O) groups is 2. The highest BCUT2D eigenvalue weighted by Crippen LogP contribution is 2.52. The normalized spacial score (nSPS) is 19.5. The number of carbonyl (C=O) groups excluding carboxylic acids is 2. The van der Waals surface area contributed by atoms with Crippen LogP contribution in [0.1, 0.15) is 30.3 Å². The molecule has 174 valence electrons. The van der Waals surface area contributed by atoms with Crippen molar-refractivity contribution in [1.29, 1.82) is 0 Å². The summed E-state index contributed by atoms with van der Waals surface area (Å²) >= 11 is 1.36. The molecule has 2 aromatic rings. The molecule has 2 aliphatic rings. The number of amides is 2. The summed E-state index contributed by atoms with van der Waals surface area (Å²) in [7, 11) is 6.30. The summed E-state index contributed by atoms with van der Waals surface area (Å²) in [5, 5.41) is 7.03. The molecule has 0 N–H and O–H groups in total. The quantitative estimate of drug-likeness (QED) is 0.678. The van der Waals surface area contributed by atoms with E-state index in [0.717, 1.165) is 0 Å². The van der Waals surface area contributed by atoms with Crippen LogP contribution in [0.2, 0.25) is 0 Å². The largest absolute Gasteiger partial charge is 0.493 e. The van der Waals surface area contributed by atoms with Crippen LogP contribution in [0.25, 0.3) is 0 Å². The number of fused-ring (bicyclic) bond motifs is 3. The van der Waals surface area contributed by atoms with Gasteiger partial charge in [0.1, 0.15) is 0 Å². The minimum absolute atomic E-state index is 0.130. The maximum absolute atomic E-state index is 13.5. The van der Waals surface area contributed by atoms with Crippen molar-refractivity contribution >= 4 is 34.4 Å². The number of para-hydroxylation sites is 1. The number of hydrogen-bond donors (Lipinski definition) is 0. The lowest BCUT2D eigenvalue weighted by atomic mass is 9.94. The van der Waals surface area contributed by atoms with E-state index in [1.54, 1.807) is 35.0 Å². The molecule has 0 saturated carbocycles. The second kappa shape index (κ2) is 8.86. The number of likely N-dealkylation sites (N-methyl/N-ethyl adjacent to an activating group) is 1. The SMILES string of the molecule is COc1ccc([C@H]2N(C(C)=O)c3ccccc3[C@H]3C(=O)N(C)C(SC)=NN32)c(OC)c1OC. The van der Waals surface area contributed by atoms with Crippen LogP contribution >= 0.6 is 11.8 Å². The monoisotopic (exact) mass is 470 g/mol. The average Bonchev–Trinajstić information content (AvgIpc) is 2.83. The second-order valence-electron chi connectivity index (χ2n) is 7.51. The molecular weight excluding hydrogens is 444 g/mol. The Hall–Kier alpha value is -3.40. The summed E-state index contributed by atoms with van der Waals surface area (Å²) in [4.78, 5) is 29.8. The minimum atomic E-state index is -0.753. The fraction of sp³-hybridized carbons (Fsp3) is 0.348. The van der Waals surface area contributed by atoms with Gasteiger partial charge < -0.3 is 14.2 Å². The Morgan fingerprint density at radius 1 is 1.00 bits per heavy atom. The number of hydrazone groups is 1. The van der Waals surface area contributed by atoms with Crippen molar-refractivity contribution in [2.45, 2.75) is 19.1 Å². The summed E-state index contributed by atoms with van der Waals surface area (Å²) in [6.45, 7) is 1.49. The molecule has 9 nitrogen and oxygen atoms in total. The predicted molar refractivity (Wildman–Crippen MR) is 127 cm³/mol. The number of anilines is 1. The molecule has 2 aromatic carbocycles. The second-order valence-corrected chi connectivity index (χ2v) is 8.28. The maximum atomic E-state index is 13.5. The van der Waals surface area contributed by atoms with Crippen molar-refractivity contribution in [3.8, 4) is 17.2 Å². The van der Waals surface area contributed by atoms with E-state index >= 15 is 0 Å². The maximum Gasteiger partial charge on any atom is 0.257 e. The van der Waals surface area contributed by atoms with Gasteiger partial charge in [0.05, 0.1) is 27.0 Å². The van der Waals surface area contributed by atoms with Crippen LogP contribution in [0, 0.1) is 0 Å². The van der Waals surface area contributed by atoms with Gasteiger partial charge in [0, 0.05) is 25.1 Å². The summed E-state index contributed by atoms with van der Waals surface area (Å²) in [6.07, 6.45) is 1.10. The van der Waals surface area contributed by atoms with E-state index in [2.05, 4.69) is 0 Å². The molecule has 33 heavy (non-hydrogen) atoms. The third-order valence-electron chi connectivity index (χ3n) is 5.84. The molecule has 0 aliphatic carbocycles. The zero-order valence-corrected chi connectivity index (χ0v) is 20.2. The Labute approximate surface area is 196 Å². The summed E-state index contributed by atoms with van der Waals surface area (Å²) in [5.41, 5.74) is 1.98. The minimum Gasteiger partial charge on any atom is -0.493 e. The van der Waals surface area contributed by atoms with Crippen LogP contribution in [0.15, 0.2) is 41.5 Å². The van der Waals surface area contributed by atoms with Gasteiger partial charge in [-0.2, -0.15) is 0 Å². The lowest BCUT2D eigenvalue weighted by molar-refractivity contribution is -0.136. The number of rotatable bonds is 4. The van der Waals surface area contributed by atoms with E-state index in [1.165, 1.54) is 32.9 Å². The number of benzene rings is 2. The average molecular weight is 471 g/mol. The molecule has 2 amide bonds. The molecule has 0 spiro atoms. The zero-order chi connectivity index (χ0) is 23.9. The molecule has 2 aliphatic heterocycles. The first kappa shape index (κ1) is 22.8. The van der Waals surface area contributed by atoms with Crippen molar-refractivity contribution in [1.82, 2.24) is 9.91 Å². The predicted octanol–water partition coefficient (Wildman–Crippen LogP) is 3.23. The molecule has 0 fully saturated rings. The van der Waals surface area contributed by atoms with Crippen LogP contribution in [-0.4, -0.2) is 61.5 Å². The molecule has 2 atom stereocenters. The van der Waals surface area contributed by atoms with Crippen molar-refractivity contribution in [2.24, 2.45) is 5.10 Å². The molecule has 0 bridgehead atoms. The first-order chi connectivity index (χ1) is 15.9. The Kier molecular flexibility index (Phi) is 6.11. The lowest BCUT2D eigenvalue weighted by Crippen LogP contribution is -2.55. The molecule has 10 heteroatoms. The molecule has 0 radical (unpaired) electrons. The van der Waals surface area contributed by atoms with Gasteiger partial charge >= 0.3 is 0 Å². The highest BCUT2D eigenvalue weighted by Gasteiger charge is 2.49. The Bertz CT molecular complexity index is 1140. The third kappa shape index (κ3) is 3.45. The molecule has 0 aromatic heterocycles. The Balaban J connectivity index is 2.05. The fourth-order valence-corrected chi connectivity index (χ4v) is 4.94. The topological polar surface area (TPSA) is 83.9 Å². The summed E-state index contributed by atoms with van der Waals surface area (Å²) < 4.78 is 16.8. The van der Waals surface area contributed by atoms with Crippen molar-refractivity contribution < 1.29 is 23.8 Å². The van der Waals surface area contributed by atoms with Gasteiger partial charge in [0.25, 0.3) is 5.91 Å². The number of methoxy groups -OCH3 is 3. The van der Waals surface area contributed by atoms with Crippen molar-refractivity contribution in [2.75, 3.05) is 39.5 Å². The van der Waals surface area contributed by atoms with E-state index in [0.29, 0.717) is 39.2 Å². The van der Waals surface area contributed by atoms with Gasteiger partial charge in [-0.15, -0.1) is 5.10 Å². The fourth-order valence-electron chi connectivity index (χ4n) is 4.40. The summed E-state index contributed by atoms with van der Waals surface area (Å²) in [5.74, 6) is 0.955. The van der Waals surface area contributed by atoms with E-state index < -0.39 is 12.2 Å². The Morgan fingerprint density at radius 3 is 2.30 bits per heavy atom. The van der Waals surface area contributed by atoms with Crippen LogP contribution in [-0.2, 0) is 9.59 Å². The van der Waals surface area contributed by atoms with Gasteiger partial charge in [0.15, 0.2) is 28.9 Å².